The Labute approximate surface area is 97.7 Å². The highest BCUT2D eigenvalue weighted by atomic mass is 32.2. The van der Waals surface area contributed by atoms with Crippen molar-refractivity contribution >= 4 is 9.73 Å². The van der Waals surface area contributed by atoms with Gasteiger partial charge in [0.2, 0.25) is 0 Å². The molecule has 1 unspecified atom stereocenters. The van der Waals surface area contributed by atoms with Crippen molar-refractivity contribution in [2.24, 2.45) is 4.36 Å². The van der Waals surface area contributed by atoms with E-state index in [4.69, 9.17) is 0 Å². The fraction of sp³-hybridized carbons (Fsp3) is 0.500. The molecule has 0 saturated carbocycles. The largest absolute Gasteiger partial charge is 0.392 e. The van der Waals surface area contributed by atoms with E-state index < -0.39 is 15.8 Å². The van der Waals surface area contributed by atoms with Crippen LogP contribution in [0.15, 0.2) is 39.6 Å². The molecule has 1 N–H and O–H groups in total. The zero-order valence-electron chi connectivity index (χ0n) is 9.80. The Morgan fingerprint density at radius 2 is 2.00 bits per heavy atom. The van der Waals surface area contributed by atoms with E-state index in [9.17, 15) is 9.32 Å². The topological polar surface area (TPSA) is 49.7 Å². The van der Waals surface area contributed by atoms with Crippen LogP contribution >= 0.6 is 0 Å². The predicted octanol–water partition coefficient (Wildman–Crippen LogP) is 2.30. The van der Waals surface area contributed by atoms with Crippen molar-refractivity contribution in [3.05, 3.63) is 30.3 Å². The summed E-state index contributed by atoms with van der Waals surface area (Å²) in [5, 5.41) is 9.74. The number of rotatable bonds is 5. The van der Waals surface area contributed by atoms with E-state index in [0.29, 0.717) is 11.3 Å². The fourth-order valence-corrected chi connectivity index (χ4v) is 3.41. The molecule has 4 heteroatoms. The van der Waals surface area contributed by atoms with Gasteiger partial charge in [-0.15, -0.1) is 0 Å². The number of hydrogen-bond donors (Lipinski definition) is 1. The van der Waals surface area contributed by atoms with Gasteiger partial charge in [0.05, 0.1) is 21.6 Å². The first-order valence-electron chi connectivity index (χ1n) is 5.48. The minimum Gasteiger partial charge on any atom is -0.392 e. The Balaban J connectivity index is 2.93. The molecule has 0 amide bonds. The third kappa shape index (κ3) is 3.32. The van der Waals surface area contributed by atoms with Crippen LogP contribution in [-0.4, -0.2) is 28.2 Å². The molecule has 0 radical (unpaired) electrons. The zero-order valence-corrected chi connectivity index (χ0v) is 10.6. The van der Waals surface area contributed by atoms with Crippen LogP contribution < -0.4 is 0 Å². The number of aliphatic hydroxyl groups excluding tert-OH is 1. The molecule has 3 nitrogen and oxygen atoms in total. The third-order valence-electron chi connectivity index (χ3n) is 2.45. The lowest BCUT2D eigenvalue weighted by molar-refractivity contribution is 0.187. The smallest absolute Gasteiger partial charge is 0.0774 e. The first kappa shape index (κ1) is 13.2. The minimum atomic E-state index is -2.45. The summed E-state index contributed by atoms with van der Waals surface area (Å²) in [5.74, 6) is 0.224. The molecular weight excluding hydrogens is 222 g/mol. The van der Waals surface area contributed by atoms with Gasteiger partial charge in [-0.3, -0.25) is 0 Å². The van der Waals surface area contributed by atoms with Crippen LogP contribution in [-0.2, 0) is 9.73 Å². The molecule has 0 spiro atoms. The van der Waals surface area contributed by atoms with Crippen molar-refractivity contribution in [3.63, 3.8) is 0 Å². The molecule has 2 atom stereocenters. The highest BCUT2D eigenvalue weighted by Gasteiger charge is 2.16. The minimum absolute atomic E-state index is 0.224. The average Bonchev–Trinajstić information content (AvgIpc) is 2.30. The maximum atomic E-state index is 12.5. The second-order valence-corrected chi connectivity index (χ2v) is 6.20. The van der Waals surface area contributed by atoms with Gasteiger partial charge in [-0.05, 0) is 18.6 Å². The van der Waals surface area contributed by atoms with Gasteiger partial charge in [-0.1, -0.05) is 31.5 Å². The van der Waals surface area contributed by atoms with Crippen LogP contribution in [0.25, 0.3) is 0 Å². The Morgan fingerprint density at radius 1 is 1.38 bits per heavy atom. The SMILES string of the molecule is CCC[C@H](O)CS(=O)(=NC)c1ccccc1. The van der Waals surface area contributed by atoms with Crippen molar-refractivity contribution in [3.8, 4) is 0 Å². The molecule has 0 saturated heterocycles. The number of nitrogens with zero attached hydrogens (tertiary/aromatic N) is 1. The van der Waals surface area contributed by atoms with E-state index in [1.54, 1.807) is 19.2 Å². The van der Waals surface area contributed by atoms with E-state index >= 15 is 0 Å². The molecule has 1 aromatic carbocycles. The standard InChI is InChI=1S/C12H19NO2S/c1-3-7-11(14)10-16(15,13-2)12-8-5-4-6-9-12/h4-6,8-9,11,14H,3,7,10H2,1-2H3/t11-,16?/m0/s1. The molecule has 0 heterocycles. The van der Waals surface area contributed by atoms with E-state index in [1.165, 1.54) is 0 Å². The van der Waals surface area contributed by atoms with Crippen LogP contribution in [0.4, 0.5) is 0 Å². The Morgan fingerprint density at radius 3 is 2.50 bits per heavy atom. The Hall–Kier alpha value is -0.870. The van der Waals surface area contributed by atoms with Crippen LogP contribution in [0.2, 0.25) is 0 Å². The van der Waals surface area contributed by atoms with Gasteiger partial charge in [-0.25, -0.2) is 8.57 Å². The number of hydrogen-bond acceptors (Lipinski definition) is 3. The fourth-order valence-electron chi connectivity index (χ4n) is 1.59. The van der Waals surface area contributed by atoms with Crippen LogP contribution in [0.5, 0.6) is 0 Å². The molecule has 0 aromatic heterocycles. The summed E-state index contributed by atoms with van der Waals surface area (Å²) in [6.45, 7) is 2.00. The second-order valence-electron chi connectivity index (χ2n) is 3.75. The Bertz CT molecular complexity index is 422. The van der Waals surface area contributed by atoms with Crippen molar-refractivity contribution in [1.82, 2.24) is 0 Å². The van der Waals surface area contributed by atoms with Crippen LogP contribution in [0.1, 0.15) is 19.8 Å². The van der Waals surface area contributed by atoms with Gasteiger partial charge in [0, 0.05) is 11.9 Å². The molecule has 90 valence electrons. The first-order valence-corrected chi connectivity index (χ1v) is 7.17. The van der Waals surface area contributed by atoms with Crippen molar-refractivity contribution in [2.45, 2.75) is 30.8 Å². The summed E-state index contributed by atoms with van der Waals surface area (Å²) in [6, 6.07) is 9.15. The maximum absolute atomic E-state index is 12.5. The molecule has 0 bridgehead atoms. The highest BCUT2D eigenvalue weighted by Crippen LogP contribution is 2.15. The number of benzene rings is 1. The third-order valence-corrected chi connectivity index (χ3v) is 4.88. The van der Waals surface area contributed by atoms with E-state index in [2.05, 4.69) is 4.36 Å². The molecule has 1 aromatic rings. The zero-order chi connectivity index (χ0) is 12.0. The Kier molecular flexibility index (Phi) is 4.96. The lowest BCUT2D eigenvalue weighted by Crippen LogP contribution is -2.20. The molecule has 0 aliphatic carbocycles. The van der Waals surface area contributed by atoms with Gasteiger partial charge in [-0.2, -0.15) is 0 Å². The summed E-state index contributed by atoms with van der Waals surface area (Å²) in [4.78, 5) is 0.702. The van der Waals surface area contributed by atoms with Crippen molar-refractivity contribution in [1.29, 1.82) is 0 Å². The molecule has 1 rings (SSSR count). The summed E-state index contributed by atoms with van der Waals surface area (Å²) >= 11 is 0. The summed E-state index contributed by atoms with van der Waals surface area (Å²) in [7, 11) is -0.902. The van der Waals surface area contributed by atoms with Gasteiger partial charge in [0.25, 0.3) is 0 Å². The van der Waals surface area contributed by atoms with Gasteiger partial charge < -0.3 is 5.11 Å². The first-order chi connectivity index (χ1) is 7.62. The molecular formula is C12H19NO2S. The molecule has 0 aliphatic rings. The maximum Gasteiger partial charge on any atom is 0.0774 e. The van der Waals surface area contributed by atoms with Crippen LogP contribution in [0.3, 0.4) is 0 Å². The van der Waals surface area contributed by atoms with E-state index in [-0.39, 0.29) is 5.75 Å². The predicted molar refractivity (Wildman–Crippen MR) is 67.0 cm³/mol. The van der Waals surface area contributed by atoms with Gasteiger partial charge >= 0.3 is 0 Å². The van der Waals surface area contributed by atoms with Crippen LogP contribution in [0, 0.1) is 0 Å². The second kappa shape index (κ2) is 6.01. The monoisotopic (exact) mass is 241 g/mol. The number of aliphatic hydroxyl groups is 1. The summed E-state index contributed by atoms with van der Waals surface area (Å²) in [6.07, 6.45) is 1.01. The summed E-state index contributed by atoms with van der Waals surface area (Å²) in [5.41, 5.74) is 0. The lowest BCUT2D eigenvalue weighted by Gasteiger charge is -2.13. The van der Waals surface area contributed by atoms with Crippen molar-refractivity contribution in [2.75, 3.05) is 12.8 Å². The lowest BCUT2D eigenvalue weighted by atomic mass is 10.2. The normalized spacial score (nSPS) is 16.4. The highest BCUT2D eigenvalue weighted by molar-refractivity contribution is 7.93. The molecule has 0 aliphatic heterocycles. The van der Waals surface area contributed by atoms with Gasteiger partial charge in [0.1, 0.15) is 0 Å². The average molecular weight is 241 g/mol. The molecule has 0 fully saturated rings. The van der Waals surface area contributed by atoms with E-state index in [1.807, 2.05) is 25.1 Å². The summed E-state index contributed by atoms with van der Waals surface area (Å²) < 4.78 is 16.5. The van der Waals surface area contributed by atoms with Gasteiger partial charge in [0.15, 0.2) is 0 Å². The van der Waals surface area contributed by atoms with Crippen molar-refractivity contribution < 1.29 is 9.32 Å². The molecule has 16 heavy (non-hydrogen) atoms. The van der Waals surface area contributed by atoms with E-state index in [0.717, 1.165) is 6.42 Å². The quantitative estimate of drug-likeness (QED) is 0.860.